The second-order valence-electron chi connectivity index (χ2n) is 6.31. The first-order valence-corrected chi connectivity index (χ1v) is 8.12. The van der Waals surface area contributed by atoms with Crippen LogP contribution in [0.1, 0.15) is 32.3 Å². The minimum Gasteiger partial charge on any atom is -0.346 e. The van der Waals surface area contributed by atoms with Gasteiger partial charge in [-0.25, -0.2) is 0 Å². The predicted molar refractivity (Wildman–Crippen MR) is 92.5 cm³/mol. The van der Waals surface area contributed by atoms with Gasteiger partial charge in [0.05, 0.1) is 12.6 Å². The van der Waals surface area contributed by atoms with E-state index >= 15 is 0 Å². The summed E-state index contributed by atoms with van der Waals surface area (Å²) in [7, 11) is 0. The number of carbonyl (C=O) groups excluding carboxylic acids is 3. The third-order valence-corrected chi connectivity index (χ3v) is 3.96. The molecule has 5 N–H and O–H groups in total. The van der Waals surface area contributed by atoms with E-state index in [0.29, 0.717) is 12.1 Å². The molecule has 0 radical (unpaired) electrons. The van der Waals surface area contributed by atoms with Crippen molar-refractivity contribution >= 4 is 29.1 Å². The lowest BCUT2D eigenvalue weighted by Crippen LogP contribution is -2.46. The quantitative estimate of drug-likeness (QED) is 0.644. The van der Waals surface area contributed by atoms with Crippen molar-refractivity contribution in [3.05, 3.63) is 23.8 Å². The van der Waals surface area contributed by atoms with Gasteiger partial charge >= 0.3 is 0 Å². The van der Waals surface area contributed by atoms with Gasteiger partial charge in [0.1, 0.15) is 0 Å². The van der Waals surface area contributed by atoms with Gasteiger partial charge in [-0.05, 0) is 42.5 Å². The zero-order valence-corrected chi connectivity index (χ0v) is 14.0. The molecule has 1 aliphatic rings. The number of nitrogens with two attached hydrogens (primary N) is 1. The molecule has 1 aromatic carbocycles. The SMILES string of the molecule is CC(C)[C@H](N)C(=O)NCC(=O)Nc1ccc2c(c1)CCCC(=O)N2. The maximum atomic E-state index is 12.0. The summed E-state index contributed by atoms with van der Waals surface area (Å²) in [5.74, 6) is -0.649. The topological polar surface area (TPSA) is 113 Å². The van der Waals surface area contributed by atoms with Gasteiger partial charge in [0.2, 0.25) is 17.7 Å². The summed E-state index contributed by atoms with van der Waals surface area (Å²) in [6, 6.07) is 4.72. The smallest absolute Gasteiger partial charge is 0.243 e. The Morgan fingerprint density at radius 3 is 2.75 bits per heavy atom. The lowest BCUT2D eigenvalue weighted by Gasteiger charge is -2.15. The van der Waals surface area contributed by atoms with Crippen molar-refractivity contribution in [1.29, 1.82) is 0 Å². The molecule has 1 aromatic rings. The number of hydrogen-bond acceptors (Lipinski definition) is 4. The van der Waals surface area contributed by atoms with Gasteiger partial charge in [-0.1, -0.05) is 13.8 Å². The molecule has 7 heteroatoms. The van der Waals surface area contributed by atoms with Crippen LogP contribution in [-0.4, -0.2) is 30.3 Å². The molecule has 2 rings (SSSR count). The Bertz CT molecular complexity index is 643. The largest absolute Gasteiger partial charge is 0.346 e. The summed E-state index contributed by atoms with van der Waals surface area (Å²) in [5, 5.41) is 8.11. The Labute approximate surface area is 141 Å². The molecule has 0 unspecified atom stereocenters. The standard InChI is InChI=1S/C17H24N4O3/c1-10(2)16(18)17(24)19-9-15(23)20-12-6-7-13-11(8-12)4-3-5-14(22)21-13/h6-8,10,16H,3-5,9,18H2,1-2H3,(H,19,24)(H,20,23)(H,21,22)/t16-/m0/s1. The fourth-order valence-corrected chi connectivity index (χ4v) is 2.45. The van der Waals surface area contributed by atoms with Crippen molar-refractivity contribution in [3.63, 3.8) is 0 Å². The highest BCUT2D eigenvalue weighted by molar-refractivity contribution is 5.96. The first-order valence-electron chi connectivity index (χ1n) is 8.12. The summed E-state index contributed by atoms with van der Waals surface area (Å²) in [5.41, 5.74) is 8.13. The molecule has 0 fully saturated rings. The Morgan fingerprint density at radius 1 is 1.29 bits per heavy atom. The molecule has 0 aliphatic carbocycles. The normalized spacial score (nSPS) is 15.1. The Balaban J connectivity index is 1.92. The van der Waals surface area contributed by atoms with Gasteiger partial charge in [0, 0.05) is 17.8 Å². The van der Waals surface area contributed by atoms with Crippen molar-refractivity contribution in [2.24, 2.45) is 11.7 Å². The number of rotatable bonds is 5. The highest BCUT2D eigenvalue weighted by atomic mass is 16.2. The van der Waals surface area contributed by atoms with E-state index in [1.54, 1.807) is 12.1 Å². The molecule has 0 saturated heterocycles. The van der Waals surface area contributed by atoms with Crippen LogP contribution < -0.4 is 21.7 Å². The van der Waals surface area contributed by atoms with Crippen LogP contribution in [0.4, 0.5) is 11.4 Å². The van der Waals surface area contributed by atoms with Crippen LogP contribution in [0.15, 0.2) is 18.2 Å². The molecule has 3 amide bonds. The Hall–Kier alpha value is -2.41. The molecule has 0 aromatic heterocycles. The maximum Gasteiger partial charge on any atom is 0.243 e. The van der Waals surface area contributed by atoms with Crippen LogP contribution in [0.3, 0.4) is 0 Å². The molecular formula is C17H24N4O3. The average Bonchev–Trinajstić information content (AvgIpc) is 2.72. The molecule has 1 aliphatic heterocycles. The second-order valence-corrected chi connectivity index (χ2v) is 6.31. The molecule has 0 spiro atoms. The van der Waals surface area contributed by atoms with Gasteiger partial charge in [-0.3, -0.25) is 14.4 Å². The third-order valence-electron chi connectivity index (χ3n) is 3.96. The molecule has 0 bridgehead atoms. The maximum absolute atomic E-state index is 12.0. The Kier molecular flexibility index (Phi) is 5.92. The van der Waals surface area contributed by atoms with Crippen LogP contribution in [-0.2, 0) is 20.8 Å². The number of aryl methyl sites for hydroxylation is 1. The molecule has 1 atom stereocenters. The average molecular weight is 332 g/mol. The summed E-state index contributed by atoms with van der Waals surface area (Å²) in [6.07, 6.45) is 2.05. The van der Waals surface area contributed by atoms with Crippen LogP contribution in [0.25, 0.3) is 0 Å². The van der Waals surface area contributed by atoms with E-state index in [1.165, 1.54) is 0 Å². The van der Waals surface area contributed by atoms with Crippen LogP contribution in [0, 0.1) is 5.92 Å². The molecule has 24 heavy (non-hydrogen) atoms. The summed E-state index contributed by atoms with van der Waals surface area (Å²) >= 11 is 0. The number of hydrogen-bond donors (Lipinski definition) is 4. The van der Waals surface area contributed by atoms with Crippen LogP contribution in [0.2, 0.25) is 0 Å². The number of amides is 3. The van der Waals surface area contributed by atoms with Crippen molar-refractivity contribution in [1.82, 2.24) is 5.32 Å². The molecule has 1 heterocycles. The minimum absolute atomic E-state index is 0.00727. The lowest BCUT2D eigenvalue weighted by atomic mass is 10.1. The zero-order valence-electron chi connectivity index (χ0n) is 14.0. The van der Waals surface area contributed by atoms with Crippen molar-refractivity contribution in [2.45, 2.75) is 39.2 Å². The fourth-order valence-electron chi connectivity index (χ4n) is 2.45. The molecular weight excluding hydrogens is 308 g/mol. The summed E-state index contributed by atoms with van der Waals surface area (Å²) in [4.78, 5) is 35.2. The monoisotopic (exact) mass is 332 g/mol. The predicted octanol–water partition coefficient (Wildman–Crippen LogP) is 0.999. The molecule has 0 saturated carbocycles. The van der Waals surface area contributed by atoms with Gasteiger partial charge in [-0.2, -0.15) is 0 Å². The van der Waals surface area contributed by atoms with Gasteiger partial charge in [-0.15, -0.1) is 0 Å². The van der Waals surface area contributed by atoms with E-state index in [-0.39, 0.29) is 30.2 Å². The third kappa shape index (κ3) is 4.79. The highest BCUT2D eigenvalue weighted by Gasteiger charge is 2.18. The van der Waals surface area contributed by atoms with Crippen molar-refractivity contribution in [3.8, 4) is 0 Å². The van der Waals surface area contributed by atoms with Crippen LogP contribution in [0.5, 0.6) is 0 Å². The number of nitrogens with one attached hydrogen (secondary N) is 3. The first-order chi connectivity index (χ1) is 11.4. The molecule has 7 nitrogen and oxygen atoms in total. The minimum atomic E-state index is -0.631. The molecule has 130 valence electrons. The van der Waals surface area contributed by atoms with Crippen molar-refractivity contribution < 1.29 is 14.4 Å². The zero-order chi connectivity index (χ0) is 17.7. The van der Waals surface area contributed by atoms with Gasteiger partial charge in [0.15, 0.2) is 0 Å². The first kappa shape index (κ1) is 17.9. The summed E-state index contributed by atoms with van der Waals surface area (Å²) in [6.45, 7) is 3.56. The summed E-state index contributed by atoms with van der Waals surface area (Å²) < 4.78 is 0. The van der Waals surface area contributed by atoms with Crippen molar-refractivity contribution in [2.75, 3.05) is 17.2 Å². The number of fused-ring (bicyclic) bond motifs is 1. The number of carbonyl (C=O) groups is 3. The number of benzene rings is 1. The van der Waals surface area contributed by atoms with Gasteiger partial charge < -0.3 is 21.7 Å². The van der Waals surface area contributed by atoms with E-state index in [0.717, 1.165) is 24.1 Å². The van der Waals surface area contributed by atoms with Gasteiger partial charge in [0.25, 0.3) is 0 Å². The number of anilines is 2. The lowest BCUT2D eigenvalue weighted by molar-refractivity contribution is -0.125. The second kappa shape index (κ2) is 7.92. The van der Waals surface area contributed by atoms with E-state index in [1.807, 2.05) is 19.9 Å². The van der Waals surface area contributed by atoms with E-state index in [9.17, 15) is 14.4 Å². The van der Waals surface area contributed by atoms with E-state index < -0.39 is 6.04 Å². The van der Waals surface area contributed by atoms with Crippen LogP contribution >= 0.6 is 0 Å². The fraction of sp³-hybridized carbons (Fsp3) is 0.471. The highest BCUT2D eigenvalue weighted by Crippen LogP contribution is 2.25. The Morgan fingerprint density at radius 2 is 2.04 bits per heavy atom. The van der Waals surface area contributed by atoms with E-state index in [4.69, 9.17) is 5.73 Å². The van der Waals surface area contributed by atoms with E-state index in [2.05, 4.69) is 16.0 Å².